The van der Waals surface area contributed by atoms with E-state index in [2.05, 4.69) is 6.07 Å². The van der Waals surface area contributed by atoms with Crippen LogP contribution in [0.25, 0.3) is 0 Å². The second-order valence-electron chi connectivity index (χ2n) is 5.03. The Morgan fingerprint density at radius 2 is 2.00 bits per heavy atom. The Labute approximate surface area is 124 Å². The molecule has 0 radical (unpaired) electrons. The molecule has 2 N–H and O–H groups in total. The fourth-order valence-corrected chi connectivity index (χ4v) is 2.30. The van der Waals surface area contributed by atoms with Crippen LogP contribution < -0.4 is 10.6 Å². The van der Waals surface area contributed by atoms with Gasteiger partial charge in [-0.2, -0.15) is 5.26 Å². The lowest BCUT2D eigenvalue weighted by Gasteiger charge is -2.28. The molecule has 0 saturated heterocycles. The van der Waals surface area contributed by atoms with Crippen molar-refractivity contribution in [3.63, 3.8) is 0 Å². The van der Waals surface area contributed by atoms with Crippen LogP contribution in [0.1, 0.15) is 24.1 Å². The first-order valence-corrected chi connectivity index (χ1v) is 6.77. The molecule has 0 aromatic heterocycles. The third-order valence-corrected chi connectivity index (χ3v) is 3.74. The lowest BCUT2D eigenvalue weighted by atomic mass is 10.0. The first-order valence-electron chi connectivity index (χ1n) is 6.77. The third-order valence-electron chi connectivity index (χ3n) is 3.74. The lowest BCUT2D eigenvalue weighted by molar-refractivity contribution is 0.585. The van der Waals surface area contributed by atoms with Crippen molar-refractivity contribution in [1.82, 2.24) is 0 Å². The van der Waals surface area contributed by atoms with Crippen LogP contribution >= 0.6 is 0 Å². The maximum absolute atomic E-state index is 13.9. The number of anilines is 2. The van der Waals surface area contributed by atoms with E-state index in [0.717, 1.165) is 11.3 Å². The summed E-state index contributed by atoms with van der Waals surface area (Å²) >= 11 is 0. The summed E-state index contributed by atoms with van der Waals surface area (Å²) in [6.45, 7) is 1.94. The molecule has 0 fully saturated rings. The molecule has 1 atom stereocenters. The van der Waals surface area contributed by atoms with Crippen molar-refractivity contribution in [1.29, 1.82) is 5.26 Å². The summed E-state index contributed by atoms with van der Waals surface area (Å²) in [5, 5.41) is 8.83. The van der Waals surface area contributed by atoms with Gasteiger partial charge in [-0.3, -0.25) is 0 Å². The average Bonchev–Trinajstić information content (AvgIpc) is 2.49. The molecule has 2 aromatic rings. The third kappa shape index (κ3) is 3.14. The Morgan fingerprint density at radius 3 is 2.67 bits per heavy atom. The second-order valence-corrected chi connectivity index (χ2v) is 5.03. The van der Waals surface area contributed by atoms with Crippen LogP contribution in [-0.4, -0.2) is 7.05 Å². The molecule has 2 rings (SSSR count). The molecule has 0 saturated carbocycles. The molecule has 3 nitrogen and oxygen atoms in total. The van der Waals surface area contributed by atoms with Crippen LogP contribution in [0.15, 0.2) is 42.5 Å². The number of benzene rings is 2. The van der Waals surface area contributed by atoms with E-state index >= 15 is 0 Å². The molecule has 0 amide bonds. The van der Waals surface area contributed by atoms with Crippen LogP contribution in [0.4, 0.5) is 15.8 Å². The topological polar surface area (TPSA) is 53.0 Å². The molecule has 0 bridgehead atoms. The van der Waals surface area contributed by atoms with Gasteiger partial charge in [0.05, 0.1) is 18.5 Å². The number of nitrogens with two attached hydrogens (primary N) is 1. The van der Waals surface area contributed by atoms with Gasteiger partial charge < -0.3 is 10.6 Å². The number of hydrogen-bond donors (Lipinski definition) is 1. The van der Waals surface area contributed by atoms with E-state index in [1.54, 1.807) is 18.2 Å². The summed E-state index contributed by atoms with van der Waals surface area (Å²) in [4.78, 5) is 1.97. The van der Waals surface area contributed by atoms with Crippen LogP contribution in [0.2, 0.25) is 0 Å². The maximum Gasteiger partial charge on any atom is 0.128 e. The highest BCUT2D eigenvalue weighted by Crippen LogP contribution is 2.29. The SMILES string of the molecule is CC(c1ccccc1F)N(C)c1ccc(N)c(CC#N)c1. The molecular formula is C17H18FN3. The number of nitriles is 1. The smallest absolute Gasteiger partial charge is 0.128 e. The zero-order valence-electron chi connectivity index (χ0n) is 12.2. The minimum Gasteiger partial charge on any atom is -0.398 e. The Hall–Kier alpha value is -2.54. The lowest BCUT2D eigenvalue weighted by Crippen LogP contribution is -2.22. The molecule has 0 aliphatic carbocycles. The molecule has 2 aromatic carbocycles. The van der Waals surface area contributed by atoms with Crippen LogP contribution in [-0.2, 0) is 6.42 Å². The van der Waals surface area contributed by atoms with Crippen molar-refractivity contribution < 1.29 is 4.39 Å². The summed E-state index contributed by atoms with van der Waals surface area (Å²) in [5.41, 5.74) is 8.80. The van der Waals surface area contributed by atoms with E-state index in [0.29, 0.717) is 11.3 Å². The zero-order valence-corrected chi connectivity index (χ0v) is 12.2. The van der Waals surface area contributed by atoms with E-state index in [-0.39, 0.29) is 18.3 Å². The second kappa shape index (κ2) is 6.27. The maximum atomic E-state index is 13.9. The molecular weight excluding hydrogens is 265 g/mol. The van der Waals surface area contributed by atoms with Crippen molar-refractivity contribution in [2.75, 3.05) is 17.7 Å². The van der Waals surface area contributed by atoms with Gasteiger partial charge in [-0.1, -0.05) is 18.2 Å². The summed E-state index contributed by atoms with van der Waals surface area (Å²) in [6.07, 6.45) is 0.265. The fraction of sp³-hybridized carbons (Fsp3) is 0.235. The van der Waals surface area contributed by atoms with Crippen molar-refractivity contribution >= 4 is 11.4 Å². The first kappa shape index (κ1) is 14.9. The number of nitrogen functional groups attached to an aromatic ring is 1. The summed E-state index contributed by atoms with van der Waals surface area (Å²) < 4.78 is 13.9. The van der Waals surface area contributed by atoms with Gasteiger partial charge in [0.25, 0.3) is 0 Å². The number of nitrogens with zero attached hydrogens (tertiary/aromatic N) is 2. The number of halogens is 1. The molecule has 1 unspecified atom stereocenters. The Kier molecular flexibility index (Phi) is 4.44. The summed E-state index contributed by atoms with van der Waals surface area (Å²) in [6, 6.07) is 14.3. The highest BCUT2D eigenvalue weighted by molar-refractivity contribution is 5.59. The molecule has 0 heterocycles. The largest absolute Gasteiger partial charge is 0.398 e. The van der Waals surface area contributed by atoms with E-state index in [1.165, 1.54) is 6.07 Å². The van der Waals surface area contributed by atoms with Gasteiger partial charge in [0.15, 0.2) is 0 Å². The molecule has 0 spiro atoms. The van der Waals surface area contributed by atoms with E-state index in [4.69, 9.17) is 11.0 Å². The van der Waals surface area contributed by atoms with Gasteiger partial charge in [0, 0.05) is 24.0 Å². The van der Waals surface area contributed by atoms with E-state index in [1.807, 2.05) is 37.1 Å². The average molecular weight is 283 g/mol. The van der Waals surface area contributed by atoms with Crippen LogP contribution in [0.3, 0.4) is 0 Å². The summed E-state index contributed by atoms with van der Waals surface area (Å²) in [5.74, 6) is -0.218. The van der Waals surface area contributed by atoms with Crippen molar-refractivity contribution in [3.8, 4) is 6.07 Å². The molecule has 0 aliphatic heterocycles. The van der Waals surface area contributed by atoms with Crippen molar-refractivity contribution in [3.05, 3.63) is 59.4 Å². The van der Waals surface area contributed by atoms with Crippen molar-refractivity contribution in [2.45, 2.75) is 19.4 Å². The van der Waals surface area contributed by atoms with Gasteiger partial charge >= 0.3 is 0 Å². The predicted octanol–water partition coefficient (Wildman–Crippen LogP) is 3.67. The van der Waals surface area contributed by atoms with E-state index in [9.17, 15) is 4.39 Å². The highest BCUT2D eigenvalue weighted by Gasteiger charge is 2.16. The molecule has 21 heavy (non-hydrogen) atoms. The summed E-state index contributed by atoms with van der Waals surface area (Å²) in [7, 11) is 1.90. The molecule has 108 valence electrons. The van der Waals surface area contributed by atoms with Gasteiger partial charge in [0.1, 0.15) is 5.82 Å². The quantitative estimate of drug-likeness (QED) is 0.871. The minimum absolute atomic E-state index is 0.121. The van der Waals surface area contributed by atoms with Crippen molar-refractivity contribution in [2.24, 2.45) is 0 Å². The highest BCUT2D eigenvalue weighted by atomic mass is 19.1. The molecule has 4 heteroatoms. The predicted molar refractivity (Wildman–Crippen MR) is 83.4 cm³/mol. The Bertz CT molecular complexity index is 676. The number of hydrogen-bond acceptors (Lipinski definition) is 3. The Balaban J connectivity index is 2.32. The van der Waals surface area contributed by atoms with Crippen LogP contribution in [0.5, 0.6) is 0 Å². The van der Waals surface area contributed by atoms with E-state index < -0.39 is 0 Å². The van der Waals surface area contributed by atoms with Gasteiger partial charge in [-0.25, -0.2) is 4.39 Å². The first-order chi connectivity index (χ1) is 10.0. The fourth-order valence-electron chi connectivity index (χ4n) is 2.30. The minimum atomic E-state index is -0.218. The zero-order chi connectivity index (χ0) is 15.4. The molecule has 0 aliphatic rings. The number of rotatable bonds is 4. The van der Waals surface area contributed by atoms with Gasteiger partial charge in [0.2, 0.25) is 0 Å². The van der Waals surface area contributed by atoms with Crippen LogP contribution in [0, 0.1) is 17.1 Å². The monoisotopic (exact) mass is 283 g/mol. The van der Waals surface area contributed by atoms with Gasteiger partial charge in [-0.15, -0.1) is 0 Å². The normalized spacial score (nSPS) is 11.7. The van der Waals surface area contributed by atoms with Gasteiger partial charge in [-0.05, 0) is 36.8 Å². The Morgan fingerprint density at radius 1 is 1.29 bits per heavy atom. The standard InChI is InChI=1S/C17H18FN3/c1-12(15-5-3-4-6-16(15)18)21(2)14-7-8-17(20)13(11-14)9-10-19/h3-8,11-12H,9,20H2,1-2H3.